The summed E-state index contributed by atoms with van der Waals surface area (Å²) in [5.41, 5.74) is 0.280. The summed E-state index contributed by atoms with van der Waals surface area (Å²) in [6, 6.07) is 3.26. The molecule has 0 saturated carbocycles. The van der Waals surface area contributed by atoms with Gasteiger partial charge in [0.2, 0.25) is 0 Å². The lowest BCUT2D eigenvalue weighted by Gasteiger charge is -2.03. The third-order valence-electron chi connectivity index (χ3n) is 2.05. The van der Waals surface area contributed by atoms with Crippen molar-refractivity contribution in [3.05, 3.63) is 23.7 Å². The zero-order valence-corrected chi connectivity index (χ0v) is 9.71. The highest BCUT2D eigenvalue weighted by molar-refractivity contribution is 5.92. The molecule has 0 spiro atoms. The summed E-state index contributed by atoms with van der Waals surface area (Å²) in [5.74, 6) is 0.812. The number of rotatable bonds is 5. The number of amides is 1. The monoisotopic (exact) mass is 248 g/mol. The van der Waals surface area contributed by atoms with Gasteiger partial charge in [0.25, 0.3) is 5.91 Å². The molecule has 9 nitrogen and oxygen atoms in total. The molecule has 0 fully saturated rings. The van der Waals surface area contributed by atoms with Crippen molar-refractivity contribution in [3.8, 4) is 0 Å². The molecule has 0 atom stereocenters. The summed E-state index contributed by atoms with van der Waals surface area (Å²) in [4.78, 5) is 11.4. The molecule has 9 heteroatoms. The van der Waals surface area contributed by atoms with E-state index in [-0.39, 0.29) is 11.6 Å². The van der Waals surface area contributed by atoms with Crippen molar-refractivity contribution in [3.63, 3.8) is 0 Å². The molecule has 94 valence electrons. The van der Waals surface area contributed by atoms with Gasteiger partial charge in [-0.25, -0.2) is 0 Å². The molecule has 1 amide bonds. The van der Waals surface area contributed by atoms with Gasteiger partial charge in [-0.2, -0.15) is 5.21 Å². The average molecular weight is 248 g/mol. The lowest BCUT2D eigenvalue weighted by molar-refractivity contribution is 0.0950. The van der Waals surface area contributed by atoms with Crippen LogP contribution in [-0.2, 0) is 6.54 Å². The lowest BCUT2D eigenvalue weighted by Crippen LogP contribution is -2.24. The molecule has 0 bridgehead atoms. The minimum absolute atomic E-state index is 0.241. The predicted molar refractivity (Wildman–Crippen MR) is 61.5 cm³/mol. The van der Waals surface area contributed by atoms with Crippen LogP contribution in [0.2, 0.25) is 0 Å². The van der Waals surface area contributed by atoms with Crippen LogP contribution in [0.1, 0.15) is 23.2 Å². The summed E-state index contributed by atoms with van der Waals surface area (Å²) in [7, 11) is 0. The Morgan fingerprint density at radius 1 is 1.33 bits per heavy atom. The van der Waals surface area contributed by atoms with Crippen LogP contribution < -0.4 is 10.6 Å². The van der Waals surface area contributed by atoms with Crippen LogP contribution in [0.25, 0.3) is 0 Å². The highest BCUT2D eigenvalue weighted by Crippen LogP contribution is 2.03. The summed E-state index contributed by atoms with van der Waals surface area (Å²) >= 11 is 0. The maximum Gasteiger partial charge on any atom is 0.271 e. The van der Waals surface area contributed by atoms with Crippen molar-refractivity contribution >= 4 is 11.7 Å². The Balaban J connectivity index is 1.93. The van der Waals surface area contributed by atoms with E-state index in [2.05, 4.69) is 41.5 Å². The lowest BCUT2D eigenvalue weighted by atomic mass is 10.3. The first-order valence-corrected chi connectivity index (χ1v) is 5.37. The van der Waals surface area contributed by atoms with E-state index in [0.29, 0.717) is 24.7 Å². The number of carbonyl (C=O) groups is 1. The highest BCUT2D eigenvalue weighted by atomic mass is 16.1. The molecule has 0 radical (unpaired) electrons. The van der Waals surface area contributed by atoms with Gasteiger partial charge in [-0.1, -0.05) is 5.21 Å². The fourth-order valence-corrected chi connectivity index (χ4v) is 1.23. The maximum atomic E-state index is 11.4. The Kier molecular flexibility index (Phi) is 3.74. The van der Waals surface area contributed by atoms with Crippen molar-refractivity contribution in [2.24, 2.45) is 0 Å². The standard InChI is InChI=1S/C9H12N8O/c1-2-10-9(18)6-3-4-7(13-12-6)11-5-8-14-16-17-15-8/h3-4H,2,5H2,1H3,(H,10,18)(H,11,13)(H,14,15,16,17). The van der Waals surface area contributed by atoms with Crippen molar-refractivity contribution < 1.29 is 4.79 Å². The van der Waals surface area contributed by atoms with Gasteiger partial charge in [0, 0.05) is 6.54 Å². The molecular formula is C9H12N8O. The SMILES string of the molecule is CCNC(=O)c1ccc(NCc2nn[nH]n2)nn1. The van der Waals surface area contributed by atoms with Crippen LogP contribution >= 0.6 is 0 Å². The maximum absolute atomic E-state index is 11.4. The van der Waals surface area contributed by atoms with Crippen LogP contribution in [0, 0.1) is 0 Å². The number of hydrogen-bond acceptors (Lipinski definition) is 7. The second kappa shape index (κ2) is 5.66. The van der Waals surface area contributed by atoms with E-state index >= 15 is 0 Å². The van der Waals surface area contributed by atoms with E-state index in [9.17, 15) is 4.79 Å². The van der Waals surface area contributed by atoms with Gasteiger partial charge in [-0.15, -0.1) is 20.4 Å². The number of H-pyrrole nitrogens is 1. The molecule has 0 aliphatic rings. The first-order chi connectivity index (χ1) is 8.79. The van der Waals surface area contributed by atoms with Crippen LogP contribution in [0.15, 0.2) is 12.1 Å². The molecule has 0 aliphatic heterocycles. The van der Waals surface area contributed by atoms with Crippen molar-refractivity contribution in [2.45, 2.75) is 13.5 Å². The van der Waals surface area contributed by atoms with Gasteiger partial charge in [0.15, 0.2) is 11.5 Å². The van der Waals surface area contributed by atoms with Crippen molar-refractivity contribution in [2.75, 3.05) is 11.9 Å². The number of aromatic nitrogens is 6. The second-order valence-corrected chi connectivity index (χ2v) is 3.34. The zero-order valence-electron chi connectivity index (χ0n) is 9.71. The van der Waals surface area contributed by atoms with Crippen molar-refractivity contribution in [1.29, 1.82) is 0 Å². The summed E-state index contributed by atoms with van der Waals surface area (Å²) in [6.07, 6.45) is 0. The van der Waals surface area contributed by atoms with Crippen LogP contribution in [0.3, 0.4) is 0 Å². The Morgan fingerprint density at radius 2 is 2.22 bits per heavy atom. The molecule has 0 unspecified atom stereocenters. The second-order valence-electron chi connectivity index (χ2n) is 3.34. The van der Waals surface area contributed by atoms with Gasteiger partial charge < -0.3 is 10.6 Å². The number of nitrogens with zero attached hydrogens (tertiary/aromatic N) is 5. The first-order valence-electron chi connectivity index (χ1n) is 5.37. The largest absolute Gasteiger partial charge is 0.361 e. The zero-order chi connectivity index (χ0) is 12.8. The van der Waals surface area contributed by atoms with Crippen LogP contribution in [0.5, 0.6) is 0 Å². The first kappa shape index (κ1) is 11.9. The molecule has 0 aromatic carbocycles. The summed E-state index contributed by atoms with van der Waals surface area (Å²) in [5, 5.41) is 26.6. The quantitative estimate of drug-likeness (QED) is 0.642. The Hall–Kier alpha value is -2.58. The molecule has 2 aromatic rings. The van der Waals surface area contributed by atoms with E-state index in [4.69, 9.17) is 0 Å². The van der Waals surface area contributed by atoms with Crippen molar-refractivity contribution in [1.82, 2.24) is 36.1 Å². The Bertz CT molecular complexity index is 494. The number of tetrazole rings is 1. The smallest absolute Gasteiger partial charge is 0.271 e. The molecule has 2 aromatic heterocycles. The molecule has 3 N–H and O–H groups in total. The fraction of sp³-hybridized carbons (Fsp3) is 0.333. The molecular weight excluding hydrogens is 236 g/mol. The topological polar surface area (TPSA) is 121 Å². The van der Waals surface area contributed by atoms with Gasteiger partial charge in [-0.05, 0) is 19.1 Å². The number of hydrogen-bond donors (Lipinski definition) is 3. The van der Waals surface area contributed by atoms with E-state index in [1.807, 2.05) is 6.92 Å². The van der Waals surface area contributed by atoms with E-state index in [1.165, 1.54) is 0 Å². The van der Waals surface area contributed by atoms with Gasteiger partial charge in [0.1, 0.15) is 5.82 Å². The molecule has 0 saturated heterocycles. The Labute approximate surface area is 102 Å². The fourth-order valence-electron chi connectivity index (χ4n) is 1.23. The van der Waals surface area contributed by atoms with Gasteiger partial charge in [0.05, 0.1) is 6.54 Å². The molecule has 2 rings (SSSR count). The third kappa shape index (κ3) is 2.97. The van der Waals surface area contributed by atoms with Crippen LogP contribution in [0.4, 0.5) is 5.82 Å². The molecule has 2 heterocycles. The van der Waals surface area contributed by atoms with Gasteiger partial charge >= 0.3 is 0 Å². The number of nitrogens with one attached hydrogen (secondary N) is 3. The minimum Gasteiger partial charge on any atom is -0.361 e. The number of anilines is 1. The van der Waals surface area contributed by atoms with E-state index in [0.717, 1.165) is 0 Å². The highest BCUT2D eigenvalue weighted by Gasteiger charge is 2.06. The van der Waals surface area contributed by atoms with E-state index in [1.54, 1.807) is 12.1 Å². The number of aromatic amines is 1. The average Bonchev–Trinajstić information content (AvgIpc) is 2.90. The van der Waals surface area contributed by atoms with E-state index < -0.39 is 0 Å². The predicted octanol–water partition coefficient (Wildman–Crippen LogP) is -0.648. The molecule has 18 heavy (non-hydrogen) atoms. The normalized spacial score (nSPS) is 10.1. The third-order valence-corrected chi connectivity index (χ3v) is 2.05. The minimum atomic E-state index is -0.241. The molecule has 0 aliphatic carbocycles. The van der Waals surface area contributed by atoms with Crippen LogP contribution in [-0.4, -0.2) is 43.3 Å². The number of carbonyl (C=O) groups excluding carboxylic acids is 1. The summed E-state index contributed by atoms with van der Waals surface area (Å²) in [6.45, 7) is 2.77. The van der Waals surface area contributed by atoms with Gasteiger partial charge in [-0.3, -0.25) is 4.79 Å². The Morgan fingerprint density at radius 3 is 2.83 bits per heavy atom. The summed E-state index contributed by atoms with van der Waals surface area (Å²) < 4.78 is 0.